The Morgan fingerprint density at radius 2 is 1.90 bits per heavy atom. The number of nitrogens with one attached hydrogen (secondary N) is 1. The van der Waals surface area contributed by atoms with Crippen molar-refractivity contribution in [2.75, 3.05) is 13.1 Å². The highest BCUT2D eigenvalue weighted by Crippen LogP contribution is 2.28. The number of hydrogen-bond acceptors (Lipinski definition) is 5. The average Bonchev–Trinajstić information content (AvgIpc) is 3.35. The number of nitrogens with zero attached hydrogens (tertiary/aromatic N) is 4. The molecule has 9 heteroatoms. The van der Waals surface area contributed by atoms with E-state index in [0.717, 1.165) is 17.1 Å². The van der Waals surface area contributed by atoms with Crippen LogP contribution in [0.1, 0.15) is 18.3 Å². The molecular formula is C21H20ClN5O2S. The fourth-order valence-corrected chi connectivity index (χ4v) is 4.30. The zero-order chi connectivity index (χ0) is 21.1. The molecule has 1 aliphatic rings. The summed E-state index contributed by atoms with van der Waals surface area (Å²) in [6.07, 6.45) is 0.591. The molecule has 1 aliphatic heterocycles. The minimum atomic E-state index is -0.492. The predicted molar refractivity (Wildman–Crippen MR) is 116 cm³/mol. The van der Waals surface area contributed by atoms with Crippen molar-refractivity contribution >= 4 is 35.3 Å². The van der Waals surface area contributed by atoms with Gasteiger partial charge in [-0.3, -0.25) is 14.3 Å². The van der Waals surface area contributed by atoms with Crippen LogP contribution in [0.4, 0.5) is 4.79 Å². The number of benzene rings is 2. The summed E-state index contributed by atoms with van der Waals surface area (Å²) >= 11 is 7.34. The number of rotatable bonds is 6. The van der Waals surface area contributed by atoms with Crippen LogP contribution in [0.2, 0.25) is 5.02 Å². The maximum atomic E-state index is 12.7. The number of carbonyl (C=O) groups is 2. The van der Waals surface area contributed by atoms with Gasteiger partial charge in [0.25, 0.3) is 0 Å². The van der Waals surface area contributed by atoms with Crippen molar-refractivity contribution in [1.29, 1.82) is 0 Å². The molecule has 1 fully saturated rings. The lowest BCUT2D eigenvalue weighted by atomic mass is 10.1. The zero-order valence-electron chi connectivity index (χ0n) is 16.3. The molecule has 1 N–H and O–H groups in total. The molecule has 0 saturated carbocycles. The summed E-state index contributed by atoms with van der Waals surface area (Å²) in [5.41, 5.74) is 1.96. The summed E-state index contributed by atoms with van der Waals surface area (Å²) in [6.45, 7) is 2.63. The third-order valence-electron chi connectivity index (χ3n) is 4.74. The summed E-state index contributed by atoms with van der Waals surface area (Å²) in [4.78, 5) is 25.8. The molecule has 7 nitrogen and oxygen atoms in total. The smallest absolute Gasteiger partial charge is 0.324 e. The van der Waals surface area contributed by atoms with Crippen molar-refractivity contribution in [2.24, 2.45) is 0 Å². The number of halogens is 1. The van der Waals surface area contributed by atoms with Crippen LogP contribution in [0.25, 0.3) is 5.69 Å². The molecule has 3 aromatic rings. The van der Waals surface area contributed by atoms with Crippen molar-refractivity contribution in [1.82, 2.24) is 25.0 Å². The second-order valence-corrected chi connectivity index (χ2v) is 8.60. The molecule has 154 valence electrons. The van der Waals surface area contributed by atoms with Crippen molar-refractivity contribution in [3.05, 3.63) is 71.0 Å². The molecule has 0 bridgehead atoms. The lowest BCUT2D eigenvalue weighted by Gasteiger charge is -2.17. The van der Waals surface area contributed by atoms with E-state index in [1.165, 1.54) is 16.7 Å². The van der Waals surface area contributed by atoms with Gasteiger partial charge in [0.1, 0.15) is 5.82 Å². The highest BCUT2D eigenvalue weighted by molar-refractivity contribution is 8.00. The Kier molecular flexibility index (Phi) is 6.06. The van der Waals surface area contributed by atoms with E-state index in [9.17, 15) is 9.59 Å². The maximum absolute atomic E-state index is 12.7. The monoisotopic (exact) mass is 441 g/mol. The normalized spacial score (nSPS) is 14.6. The van der Waals surface area contributed by atoms with Crippen LogP contribution in [0.5, 0.6) is 0 Å². The molecule has 1 saturated heterocycles. The number of thioether (sulfide) groups is 1. The summed E-state index contributed by atoms with van der Waals surface area (Å²) in [5, 5.41) is 12.1. The second-order valence-electron chi connectivity index (χ2n) is 6.85. The molecule has 0 spiro atoms. The fourth-order valence-electron chi connectivity index (χ4n) is 3.23. The largest absolute Gasteiger partial charge is 0.336 e. The molecule has 1 atom stereocenters. The van der Waals surface area contributed by atoms with E-state index in [0.29, 0.717) is 29.7 Å². The summed E-state index contributed by atoms with van der Waals surface area (Å²) < 4.78 is 1.93. The zero-order valence-corrected chi connectivity index (χ0v) is 17.9. The first kappa shape index (κ1) is 20.4. The SMILES string of the molecule is CC(Sc1nnc(Cc2ccccc2)n1-c1ccc(Cl)cc1)C(=O)N1CCNC1=O. The van der Waals surface area contributed by atoms with E-state index in [2.05, 4.69) is 15.5 Å². The number of hydrogen-bond donors (Lipinski definition) is 1. The highest BCUT2D eigenvalue weighted by Gasteiger charge is 2.31. The first-order valence-electron chi connectivity index (χ1n) is 9.53. The highest BCUT2D eigenvalue weighted by atomic mass is 35.5. The van der Waals surface area contributed by atoms with Gasteiger partial charge in [-0.25, -0.2) is 4.79 Å². The van der Waals surface area contributed by atoms with Gasteiger partial charge in [-0.05, 0) is 36.8 Å². The summed E-state index contributed by atoms with van der Waals surface area (Å²) in [6, 6.07) is 17.0. The van der Waals surface area contributed by atoms with Gasteiger partial charge >= 0.3 is 6.03 Å². The Morgan fingerprint density at radius 1 is 1.17 bits per heavy atom. The third kappa shape index (κ3) is 4.34. The van der Waals surface area contributed by atoms with Crippen molar-refractivity contribution in [3.63, 3.8) is 0 Å². The van der Waals surface area contributed by atoms with E-state index in [4.69, 9.17) is 11.6 Å². The molecule has 30 heavy (non-hydrogen) atoms. The Labute approximate surface area is 183 Å². The van der Waals surface area contributed by atoms with Gasteiger partial charge in [0.2, 0.25) is 5.91 Å². The quantitative estimate of drug-likeness (QED) is 0.592. The Hall–Kier alpha value is -2.84. The van der Waals surface area contributed by atoms with E-state index in [-0.39, 0.29) is 11.9 Å². The van der Waals surface area contributed by atoms with Gasteiger partial charge in [-0.15, -0.1) is 10.2 Å². The van der Waals surface area contributed by atoms with Gasteiger partial charge < -0.3 is 5.32 Å². The van der Waals surface area contributed by atoms with Crippen LogP contribution < -0.4 is 5.32 Å². The van der Waals surface area contributed by atoms with Crippen molar-refractivity contribution in [3.8, 4) is 5.69 Å². The molecule has 3 amide bonds. The van der Waals surface area contributed by atoms with E-state index in [1.807, 2.05) is 47.0 Å². The summed E-state index contributed by atoms with van der Waals surface area (Å²) in [5.74, 6) is 0.509. The summed E-state index contributed by atoms with van der Waals surface area (Å²) in [7, 11) is 0. The van der Waals surface area contributed by atoms with Crippen LogP contribution in [-0.4, -0.2) is 49.9 Å². The van der Waals surface area contributed by atoms with Crippen molar-refractivity contribution < 1.29 is 9.59 Å². The minimum absolute atomic E-state index is 0.245. The lowest BCUT2D eigenvalue weighted by molar-refractivity contribution is -0.126. The minimum Gasteiger partial charge on any atom is -0.336 e. The van der Waals surface area contributed by atoms with Gasteiger partial charge in [-0.2, -0.15) is 0 Å². The fraction of sp³-hybridized carbons (Fsp3) is 0.238. The van der Waals surface area contributed by atoms with E-state index < -0.39 is 5.25 Å². The van der Waals surface area contributed by atoms with Gasteiger partial charge in [0.15, 0.2) is 5.16 Å². The Morgan fingerprint density at radius 3 is 2.57 bits per heavy atom. The molecule has 0 aliphatic carbocycles. The second kappa shape index (κ2) is 8.89. The van der Waals surface area contributed by atoms with E-state index >= 15 is 0 Å². The van der Waals surface area contributed by atoms with Crippen LogP contribution in [0, 0.1) is 0 Å². The van der Waals surface area contributed by atoms with Crippen LogP contribution in [-0.2, 0) is 11.2 Å². The van der Waals surface area contributed by atoms with Gasteiger partial charge in [0.05, 0.1) is 5.25 Å². The van der Waals surface area contributed by atoms with Crippen LogP contribution >= 0.6 is 23.4 Å². The van der Waals surface area contributed by atoms with Crippen LogP contribution in [0.3, 0.4) is 0 Å². The Bertz CT molecular complexity index is 1060. The molecule has 1 unspecified atom stereocenters. The Balaban J connectivity index is 1.64. The number of carbonyl (C=O) groups excluding carboxylic acids is 2. The van der Waals surface area contributed by atoms with Crippen molar-refractivity contribution in [2.45, 2.75) is 23.8 Å². The molecule has 1 aromatic heterocycles. The van der Waals surface area contributed by atoms with Gasteiger partial charge in [0, 0.05) is 30.2 Å². The number of urea groups is 1. The molecule has 0 radical (unpaired) electrons. The van der Waals surface area contributed by atoms with Gasteiger partial charge in [-0.1, -0.05) is 53.7 Å². The first-order chi connectivity index (χ1) is 14.5. The molecule has 2 aromatic carbocycles. The predicted octanol–water partition coefficient (Wildman–Crippen LogP) is 3.54. The first-order valence-corrected chi connectivity index (χ1v) is 10.8. The topological polar surface area (TPSA) is 80.1 Å². The number of imide groups is 1. The number of aromatic nitrogens is 3. The lowest BCUT2D eigenvalue weighted by Crippen LogP contribution is -2.39. The maximum Gasteiger partial charge on any atom is 0.324 e. The van der Waals surface area contributed by atoms with E-state index in [1.54, 1.807) is 19.1 Å². The third-order valence-corrected chi connectivity index (χ3v) is 6.03. The molecule has 4 rings (SSSR count). The molecular weight excluding hydrogens is 422 g/mol. The van der Waals surface area contributed by atoms with Crippen LogP contribution in [0.15, 0.2) is 59.8 Å². The molecule has 2 heterocycles. The standard InChI is InChI=1S/C21H20ClN5O2S/c1-14(19(28)26-12-11-23-20(26)29)30-21-25-24-18(13-15-5-3-2-4-6-15)27(21)17-9-7-16(22)8-10-17/h2-10,14H,11-13H2,1H3,(H,23,29). The number of amides is 3. The average molecular weight is 442 g/mol.